The van der Waals surface area contributed by atoms with Gasteiger partial charge in [-0.1, -0.05) is 35.9 Å². The molecule has 0 spiro atoms. The molecule has 112 valence electrons. The number of anilines is 1. The first-order chi connectivity index (χ1) is 10.1. The van der Waals surface area contributed by atoms with Gasteiger partial charge in [-0.3, -0.25) is 5.32 Å². The Kier molecular flexibility index (Phi) is 5.23. The summed E-state index contributed by atoms with van der Waals surface area (Å²) in [5, 5.41) is 6.51. The molecule has 0 saturated carbocycles. The molecule has 0 heterocycles. The molecule has 0 radical (unpaired) electrons. The van der Waals surface area contributed by atoms with Crippen molar-refractivity contribution in [3.8, 4) is 5.75 Å². The van der Waals surface area contributed by atoms with Gasteiger partial charge < -0.3 is 10.1 Å². The molecule has 0 aliphatic rings. The topological polar surface area (TPSA) is 33.3 Å². The highest BCUT2D eigenvalue weighted by Crippen LogP contribution is 2.30. The maximum absolute atomic E-state index is 5.78. The Labute approximate surface area is 127 Å². The van der Waals surface area contributed by atoms with Gasteiger partial charge in [-0.05, 0) is 50.6 Å². The number of ether oxygens (including phenoxy) is 1. The average Bonchev–Trinajstić information content (AvgIpc) is 2.45. The smallest absolute Gasteiger partial charge is 0.144 e. The van der Waals surface area contributed by atoms with Crippen molar-refractivity contribution in [2.24, 2.45) is 0 Å². The van der Waals surface area contributed by atoms with Crippen molar-refractivity contribution in [1.29, 1.82) is 0 Å². The number of hydrogen-bond acceptors (Lipinski definition) is 3. The first kappa shape index (κ1) is 15.4. The number of benzene rings is 2. The maximum Gasteiger partial charge on any atom is 0.144 e. The van der Waals surface area contributed by atoms with Crippen molar-refractivity contribution < 1.29 is 4.74 Å². The van der Waals surface area contributed by atoms with Gasteiger partial charge in [0.1, 0.15) is 12.5 Å². The Morgan fingerprint density at radius 1 is 0.952 bits per heavy atom. The van der Waals surface area contributed by atoms with Gasteiger partial charge in [0.15, 0.2) is 0 Å². The second-order valence-electron chi connectivity index (χ2n) is 5.44. The normalized spacial score (nSPS) is 10.5. The fraction of sp³-hybridized carbons (Fsp3) is 0.333. The van der Waals surface area contributed by atoms with Crippen LogP contribution in [0.15, 0.2) is 36.4 Å². The number of aryl methyl sites for hydroxylation is 3. The van der Waals surface area contributed by atoms with E-state index in [1.54, 1.807) is 0 Å². The third-order valence-electron chi connectivity index (χ3n) is 3.41. The number of rotatable bonds is 6. The summed E-state index contributed by atoms with van der Waals surface area (Å²) < 4.78 is 5.78. The lowest BCUT2D eigenvalue weighted by Crippen LogP contribution is -2.15. The van der Waals surface area contributed by atoms with E-state index in [1.807, 2.05) is 7.05 Å². The van der Waals surface area contributed by atoms with E-state index in [0.29, 0.717) is 6.73 Å². The van der Waals surface area contributed by atoms with Gasteiger partial charge in [-0.25, -0.2) is 0 Å². The third-order valence-corrected chi connectivity index (χ3v) is 3.41. The van der Waals surface area contributed by atoms with Crippen LogP contribution in [0.4, 0.5) is 5.69 Å². The van der Waals surface area contributed by atoms with E-state index < -0.39 is 0 Å². The molecule has 0 aliphatic heterocycles. The van der Waals surface area contributed by atoms with Crippen LogP contribution < -0.4 is 15.4 Å². The average molecular weight is 284 g/mol. The minimum absolute atomic E-state index is 0.502. The summed E-state index contributed by atoms with van der Waals surface area (Å²) >= 11 is 0. The Morgan fingerprint density at radius 3 is 2.33 bits per heavy atom. The number of nitrogens with one attached hydrogen (secondary N) is 2. The zero-order chi connectivity index (χ0) is 15.2. The van der Waals surface area contributed by atoms with Crippen molar-refractivity contribution in [2.45, 2.75) is 27.3 Å². The third kappa shape index (κ3) is 4.23. The van der Waals surface area contributed by atoms with E-state index in [0.717, 1.165) is 18.0 Å². The van der Waals surface area contributed by atoms with Crippen molar-refractivity contribution in [1.82, 2.24) is 5.32 Å². The van der Waals surface area contributed by atoms with E-state index in [1.165, 1.54) is 22.3 Å². The Morgan fingerprint density at radius 2 is 1.67 bits per heavy atom. The predicted molar refractivity (Wildman–Crippen MR) is 89.0 cm³/mol. The molecule has 21 heavy (non-hydrogen) atoms. The minimum Gasteiger partial charge on any atom is -0.476 e. The van der Waals surface area contributed by atoms with Crippen LogP contribution >= 0.6 is 0 Å². The van der Waals surface area contributed by atoms with Crippen LogP contribution in [0.3, 0.4) is 0 Å². The first-order valence-electron chi connectivity index (χ1n) is 7.28. The summed E-state index contributed by atoms with van der Waals surface area (Å²) in [6.07, 6.45) is 0. The molecular weight excluding hydrogens is 260 g/mol. The standard InChI is InChI=1S/C18H24N2O/c1-13-5-7-16(8-6-13)11-20-18-15(3)9-14(2)10-17(18)21-12-19-4/h5-10,19-20H,11-12H2,1-4H3. The van der Waals surface area contributed by atoms with Gasteiger partial charge >= 0.3 is 0 Å². The molecule has 2 rings (SSSR count). The van der Waals surface area contributed by atoms with Crippen LogP contribution in [-0.4, -0.2) is 13.8 Å². The zero-order valence-electron chi connectivity index (χ0n) is 13.3. The Bertz CT molecular complexity index is 591. The van der Waals surface area contributed by atoms with Crippen molar-refractivity contribution in [3.63, 3.8) is 0 Å². The van der Waals surface area contributed by atoms with Gasteiger partial charge in [-0.15, -0.1) is 0 Å². The molecule has 3 nitrogen and oxygen atoms in total. The molecule has 2 aromatic rings. The van der Waals surface area contributed by atoms with Crippen molar-refractivity contribution in [3.05, 3.63) is 58.7 Å². The highest BCUT2D eigenvalue weighted by molar-refractivity contribution is 5.63. The minimum atomic E-state index is 0.502. The summed E-state index contributed by atoms with van der Waals surface area (Å²) in [5.41, 5.74) is 6.02. The van der Waals surface area contributed by atoms with E-state index in [-0.39, 0.29) is 0 Å². The summed E-state index contributed by atoms with van der Waals surface area (Å²) in [6, 6.07) is 12.8. The van der Waals surface area contributed by atoms with Crippen molar-refractivity contribution in [2.75, 3.05) is 19.1 Å². The first-order valence-corrected chi connectivity index (χ1v) is 7.28. The monoisotopic (exact) mass is 284 g/mol. The predicted octanol–water partition coefficient (Wildman–Crippen LogP) is 3.78. The van der Waals surface area contributed by atoms with Crippen LogP contribution in [0.1, 0.15) is 22.3 Å². The Hall–Kier alpha value is -2.00. The van der Waals surface area contributed by atoms with Crippen LogP contribution in [0, 0.1) is 20.8 Å². The second-order valence-corrected chi connectivity index (χ2v) is 5.44. The highest BCUT2D eigenvalue weighted by Gasteiger charge is 2.08. The van der Waals surface area contributed by atoms with E-state index in [9.17, 15) is 0 Å². The SMILES string of the molecule is CNCOc1cc(C)cc(C)c1NCc1ccc(C)cc1. The quantitative estimate of drug-likeness (QED) is 0.792. The molecule has 0 saturated heterocycles. The molecule has 0 unspecified atom stereocenters. The molecule has 0 atom stereocenters. The van der Waals surface area contributed by atoms with Gasteiger partial charge in [0.05, 0.1) is 5.69 Å². The van der Waals surface area contributed by atoms with Crippen LogP contribution in [-0.2, 0) is 6.54 Å². The zero-order valence-corrected chi connectivity index (χ0v) is 13.3. The van der Waals surface area contributed by atoms with Crippen LogP contribution in [0.25, 0.3) is 0 Å². The van der Waals surface area contributed by atoms with Gasteiger partial charge in [0.25, 0.3) is 0 Å². The lowest BCUT2D eigenvalue weighted by atomic mass is 10.1. The largest absolute Gasteiger partial charge is 0.476 e. The van der Waals surface area contributed by atoms with E-state index in [4.69, 9.17) is 4.74 Å². The second kappa shape index (κ2) is 7.14. The highest BCUT2D eigenvalue weighted by atomic mass is 16.5. The molecule has 3 heteroatoms. The molecular formula is C18H24N2O. The molecule has 2 N–H and O–H groups in total. The molecule has 0 fully saturated rings. The summed E-state index contributed by atoms with van der Waals surface area (Å²) in [6.45, 7) is 7.59. The molecule has 0 aliphatic carbocycles. The number of hydrogen-bond donors (Lipinski definition) is 2. The lowest BCUT2D eigenvalue weighted by Gasteiger charge is -2.17. The van der Waals surface area contributed by atoms with Crippen LogP contribution in [0.5, 0.6) is 5.75 Å². The van der Waals surface area contributed by atoms with Gasteiger partial charge in [-0.2, -0.15) is 0 Å². The lowest BCUT2D eigenvalue weighted by molar-refractivity contribution is 0.297. The molecule has 2 aromatic carbocycles. The Balaban J connectivity index is 2.15. The van der Waals surface area contributed by atoms with Crippen LogP contribution in [0.2, 0.25) is 0 Å². The van der Waals surface area contributed by atoms with E-state index in [2.05, 4.69) is 67.8 Å². The summed E-state index contributed by atoms with van der Waals surface area (Å²) in [5.74, 6) is 0.897. The van der Waals surface area contributed by atoms with Gasteiger partial charge in [0, 0.05) is 6.54 Å². The van der Waals surface area contributed by atoms with E-state index >= 15 is 0 Å². The molecule has 0 bridgehead atoms. The fourth-order valence-corrected chi connectivity index (χ4v) is 2.32. The van der Waals surface area contributed by atoms with Gasteiger partial charge in [0.2, 0.25) is 0 Å². The fourth-order valence-electron chi connectivity index (χ4n) is 2.32. The molecule has 0 aromatic heterocycles. The molecule has 0 amide bonds. The summed E-state index contributed by atoms with van der Waals surface area (Å²) in [7, 11) is 1.88. The van der Waals surface area contributed by atoms with Crippen molar-refractivity contribution >= 4 is 5.69 Å². The maximum atomic E-state index is 5.78. The summed E-state index contributed by atoms with van der Waals surface area (Å²) in [4.78, 5) is 0.